The molecule has 1 unspecified atom stereocenters. The van der Waals surface area contributed by atoms with Crippen LogP contribution in [-0.4, -0.2) is 46.2 Å². The van der Waals surface area contributed by atoms with Crippen molar-refractivity contribution in [1.29, 1.82) is 0 Å². The van der Waals surface area contributed by atoms with Crippen LogP contribution >= 0.6 is 0 Å². The van der Waals surface area contributed by atoms with E-state index in [9.17, 15) is 19.5 Å². The Morgan fingerprint density at radius 1 is 1.07 bits per heavy atom. The number of carbonyl (C=O) groups excluding carboxylic acids is 2. The Kier molecular flexibility index (Phi) is 7.23. The van der Waals surface area contributed by atoms with Gasteiger partial charge in [-0.25, -0.2) is 4.79 Å². The summed E-state index contributed by atoms with van der Waals surface area (Å²) in [6, 6.07) is 9.34. The van der Waals surface area contributed by atoms with Gasteiger partial charge in [0.05, 0.1) is 0 Å². The van der Waals surface area contributed by atoms with Crippen molar-refractivity contribution >= 4 is 17.5 Å². The molecule has 1 aliphatic carbocycles. The lowest BCUT2D eigenvalue weighted by Gasteiger charge is -2.37. The molecule has 1 heterocycles. The molecule has 0 bridgehead atoms. The molecule has 0 spiro atoms. The van der Waals surface area contributed by atoms with Gasteiger partial charge < -0.3 is 5.11 Å². The number of hydrogen-bond acceptors (Lipinski definition) is 4. The lowest BCUT2D eigenvalue weighted by atomic mass is 9.74. The number of carboxylic acids is 1. The molecule has 158 valence electrons. The fraction of sp³-hybridized carbons (Fsp3) is 0.625. The van der Waals surface area contributed by atoms with Gasteiger partial charge in [-0.2, -0.15) is 0 Å². The first-order chi connectivity index (χ1) is 14.0. The summed E-state index contributed by atoms with van der Waals surface area (Å²) in [6.45, 7) is 2.98. The number of likely N-dealkylation sites (tertiary alicyclic amines) is 1. The average molecular weight is 400 g/mol. The van der Waals surface area contributed by atoms with E-state index < -0.39 is 29.0 Å². The summed E-state index contributed by atoms with van der Waals surface area (Å²) < 4.78 is 0. The summed E-state index contributed by atoms with van der Waals surface area (Å²) in [6.07, 6.45) is 8.01. The molecule has 2 aliphatic rings. The van der Waals surface area contributed by atoms with E-state index in [1.807, 2.05) is 37.3 Å². The third-order valence-corrected chi connectivity index (χ3v) is 6.82. The van der Waals surface area contributed by atoms with Crippen LogP contribution in [0.1, 0.15) is 76.2 Å². The Balaban J connectivity index is 1.87. The smallest absolute Gasteiger partial charge is 0.333 e. The molecule has 1 saturated carbocycles. The Labute approximate surface area is 173 Å². The van der Waals surface area contributed by atoms with Crippen molar-refractivity contribution in [3.8, 4) is 0 Å². The maximum atomic E-state index is 13.5. The molecular formula is C24H33NO4. The van der Waals surface area contributed by atoms with Crippen molar-refractivity contribution in [2.45, 2.75) is 76.2 Å². The molecule has 2 atom stereocenters. The van der Waals surface area contributed by atoms with Crippen molar-refractivity contribution < 1.29 is 19.5 Å². The van der Waals surface area contributed by atoms with Gasteiger partial charge in [0.1, 0.15) is 0 Å². The van der Waals surface area contributed by atoms with Crippen LogP contribution in [-0.2, 0) is 14.4 Å². The Hall–Kier alpha value is -2.01. The van der Waals surface area contributed by atoms with E-state index in [4.69, 9.17) is 0 Å². The summed E-state index contributed by atoms with van der Waals surface area (Å²) >= 11 is 0. The van der Waals surface area contributed by atoms with E-state index in [-0.39, 0.29) is 6.42 Å². The first kappa shape index (κ1) is 21.7. The maximum absolute atomic E-state index is 13.5. The first-order valence-corrected chi connectivity index (χ1v) is 11.1. The van der Waals surface area contributed by atoms with Crippen LogP contribution in [0.4, 0.5) is 0 Å². The topological polar surface area (TPSA) is 74.7 Å². The lowest BCUT2D eigenvalue weighted by molar-refractivity contribution is -0.160. The molecule has 0 aromatic heterocycles. The summed E-state index contributed by atoms with van der Waals surface area (Å²) in [5.74, 6) is -2.43. The van der Waals surface area contributed by atoms with E-state index in [1.54, 1.807) is 4.90 Å². The lowest BCUT2D eigenvalue weighted by Crippen LogP contribution is -2.61. The molecule has 1 saturated heterocycles. The minimum absolute atomic E-state index is 0.167. The summed E-state index contributed by atoms with van der Waals surface area (Å²) in [7, 11) is 0. The Morgan fingerprint density at radius 2 is 1.76 bits per heavy atom. The first-order valence-electron chi connectivity index (χ1n) is 11.1. The van der Waals surface area contributed by atoms with Gasteiger partial charge in [0.25, 0.3) is 0 Å². The normalized spacial score (nSPS) is 25.8. The largest absolute Gasteiger partial charge is 0.479 e. The van der Waals surface area contributed by atoms with Crippen molar-refractivity contribution in [3.05, 3.63) is 35.9 Å². The Bertz CT molecular complexity index is 726. The minimum Gasteiger partial charge on any atom is -0.479 e. The van der Waals surface area contributed by atoms with Crippen molar-refractivity contribution in [1.82, 2.24) is 4.90 Å². The molecule has 5 heteroatoms. The highest BCUT2D eigenvalue weighted by atomic mass is 16.4. The third-order valence-electron chi connectivity index (χ3n) is 6.82. The quantitative estimate of drug-likeness (QED) is 0.497. The zero-order chi connectivity index (χ0) is 20.9. The van der Waals surface area contributed by atoms with Crippen molar-refractivity contribution in [3.63, 3.8) is 0 Å². The predicted molar refractivity (Wildman–Crippen MR) is 112 cm³/mol. The number of hydrogen-bond donors (Lipinski definition) is 1. The highest BCUT2D eigenvalue weighted by Crippen LogP contribution is 2.44. The van der Waals surface area contributed by atoms with Crippen LogP contribution in [0.25, 0.3) is 0 Å². The molecule has 2 fully saturated rings. The van der Waals surface area contributed by atoms with Gasteiger partial charge in [-0.15, -0.1) is 0 Å². The van der Waals surface area contributed by atoms with E-state index >= 15 is 0 Å². The summed E-state index contributed by atoms with van der Waals surface area (Å²) in [5, 5.41) is 10.3. The number of benzene rings is 1. The fourth-order valence-electron chi connectivity index (χ4n) is 5.36. The van der Waals surface area contributed by atoms with Crippen LogP contribution in [0, 0.1) is 5.92 Å². The summed E-state index contributed by atoms with van der Waals surface area (Å²) in [5.41, 5.74) is -0.956. The molecular weight excluding hydrogens is 366 g/mol. The minimum atomic E-state index is -1.78. The molecule has 5 nitrogen and oxygen atoms in total. The number of carbonyl (C=O) groups is 3. The van der Waals surface area contributed by atoms with Gasteiger partial charge in [0.2, 0.25) is 11.6 Å². The van der Waals surface area contributed by atoms with Crippen LogP contribution < -0.4 is 0 Å². The van der Waals surface area contributed by atoms with Crippen LogP contribution in [0.2, 0.25) is 0 Å². The second-order valence-corrected chi connectivity index (χ2v) is 8.61. The number of rotatable bonds is 9. The molecule has 29 heavy (non-hydrogen) atoms. The van der Waals surface area contributed by atoms with E-state index in [0.29, 0.717) is 31.8 Å². The van der Waals surface area contributed by atoms with E-state index in [0.717, 1.165) is 24.8 Å². The molecule has 1 aromatic rings. The highest BCUT2D eigenvalue weighted by molar-refractivity contribution is 6.45. The van der Waals surface area contributed by atoms with Crippen molar-refractivity contribution in [2.75, 3.05) is 13.1 Å². The number of ketones is 2. The van der Waals surface area contributed by atoms with E-state index in [1.165, 1.54) is 19.3 Å². The molecule has 1 aliphatic heterocycles. The molecule has 1 aromatic carbocycles. The third kappa shape index (κ3) is 4.30. The predicted octanol–water partition coefficient (Wildman–Crippen LogP) is 4.21. The standard InChI is InChI=1S/C24H33NO4/c1-2-16-25-17-15-20(19-11-7-4-8-12-19)24(25,23(28)29)22(27)21(26)14-13-18-9-5-3-6-10-18/h4,7-8,11-12,18,20H,2-3,5-6,9-10,13-17H2,1H3,(H,28,29)/t20?,24-/m1/s1. The maximum Gasteiger partial charge on any atom is 0.333 e. The van der Waals surface area contributed by atoms with Crippen LogP contribution in [0.5, 0.6) is 0 Å². The molecule has 3 rings (SSSR count). The number of aliphatic carboxylic acids is 1. The summed E-state index contributed by atoms with van der Waals surface area (Å²) in [4.78, 5) is 40.8. The molecule has 1 N–H and O–H groups in total. The zero-order valence-electron chi connectivity index (χ0n) is 17.4. The van der Waals surface area contributed by atoms with Gasteiger partial charge >= 0.3 is 5.97 Å². The highest BCUT2D eigenvalue weighted by Gasteiger charge is 2.61. The van der Waals surface area contributed by atoms with Crippen LogP contribution in [0.15, 0.2) is 30.3 Å². The van der Waals surface area contributed by atoms with E-state index in [2.05, 4.69) is 0 Å². The SMILES string of the molecule is CCCN1CCC(c2ccccc2)[C@]1(C(=O)O)C(=O)C(=O)CCC1CCCCC1. The van der Waals surface area contributed by atoms with Gasteiger partial charge in [0, 0.05) is 18.9 Å². The number of nitrogens with zero attached hydrogens (tertiary/aromatic N) is 1. The zero-order valence-corrected chi connectivity index (χ0v) is 17.4. The average Bonchev–Trinajstić information content (AvgIpc) is 3.13. The Morgan fingerprint density at radius 3 is 2.38 bits per heavy atom. The van der Waals surface area contributed by atoms with Gasteiger partial charge in [-0.05, 0) is 37.3 Å². The van der Waals surface area contributed by atoms with Crippen molar-refractivity contribution in [2.24, 2.45) is 5.92 Å². The van der Waals surface area contributed by atoms with Gasteiger partial charge in [-0.3, -0.25) is 14.5 Å². The molecule has 0 radical (unpaired) electrons. The second-order valence-electron chi connectivity index (χ2n) is 8.61. The molecule has 0 amide bonds. The van der Waals surface area contributed by atoms with Gasteiger partial charge in [0.15, 0.2) is 5.54 Å². The van der Waals surface area contributed by atoms with Crippen LogP contribution in [0.3, 0.4) is 0 Å². The second kappa shape index (κ2) is 9.66. The monoisotopic (exact) mass is 399 g/mol. The van der Waals surface area contributed by atoms with Gasteiger partial charge in [-0.1, -0.05) is 69.4 Å². The fourth-order valence-corrected chi connectivity index (χ4v) is 5.36. The number of carboxylic acid groups (broad SMARTS) is 1. The number of Topliss-reactive ketones (excluding diaryl/α,β-unsaturated/α-hetero) is 2.